The quantitative estimate of drug-likeness (QED) is 0.791. The van der Waals surface area contributed by atoms with E-state index in [-0.39, 0.29) is 17.7 Å². The van der Waals surface area contributed by atoms with Crippen LogP contribution >= 0.6 is 0 Å². The van der Waals surface area contributed by atoms with Gasteiger partial charge in [0, 0.05) is 6.54 Å². The van der Waals surface area contributed by atoms with Crippen molar-refractivity contribution in [1.82, 2.24) is 0 Å². The Morgan fingerprint density at radius 3 is 1.95 bits per heavy atom. The van der Waals surface area contributed by atoms with E-state index in [1.165, 1.54) is 24.3 Å². The summed E-state index contributed by atoms with van der Waals surface area (Å²) in [6.07, 6.45) is 0. The smallest absolute Gasteiger partial charge is 0.335 e. The lowest BCUT2D eigenvalue weighted by molar-refractivity contribution is 0.0686. The monoisotopic (exact) mass is 271 g/mol. The molecule has 2 aromatic rings. The largest absolute Gasteiger partial charge is 0.478 e. The second-order valence-corrected chi connectivity index (χ2v) is 4.26. The minimum atomic E-state index is -1.01. The first kappa shape index (κ1) is 13.8. The zero-order chi connectivity index (χ0) is 14.7. The molecule has 0 saturated heterocycles. The number of carboxylic acids is 2. The fraction of sp³-hybridized carbons (Fsp3) is 0.0667. The third-order valence-corrected chi connectivity index (χ3v) is 3.01. The number of aromatic carboxylic acids is 2. The van der Waals surface area contributed by atoms with Crippen molar-refractivity contribution in [3.05, 3.63) is 59.2 Å². The van der Waals surface area contributed by atoms with Crippen LogP contribution < -0.4 is 5.73 Å². The summed E-state index contributed by atoms with van der Waals surface area (Å²) in [5.74, 6) is -2.00. The van der Waals surface area contributed by atoms with Crippen molar-refractivity contribution < 1.29 is 19.8 Å². The van der Waals surface area contributed by atoms with Gasteiger partial charge in [0.2, 0.25) is 0 Å². The van der Waals surface area contributed by atoms with Gasteiger partial charge >= 0.3 is 11.9 Å². The van der Waals surface area contributed by atoms with E-state index >= 15 is 0 Å². The highest BCUT2D eigenvalue weighted by molar-refractivity contribution is 5.90. The van der Waals surface area contributed by atoms with Gasteiger partial charge in [-0.15, -0.1) is 0 Å². The van der Waals surface area contributed by atoms with Crippen molar-refractivity contribution in [3.8, 4) is 11.1 Å². The molecule has 0 unspecified atom stereocenters. The molecule has 2 rings (SSSR count). The maximum Gasteiger partial charge on any atom is 0.335 e. The van der Waals surface area contributed by atoms with E-state index in [0.29, 0.717) is 5.56 Å². The molecule has 0 aliphatic carbocycles. The lowest BCUT2D eigenvalue weighted by atomic mass is 9.96. The van der Waals surface area contributed by atoms with E-state index in [9.17, 15) is 9.59 Å². The minimum absolute atomic E-state index is 0.177. The summed E-state index contributed by atoms with van der Waals surface area (Å²) in [6.45, 7) is 0.205. The number of hydrogen-bond acceptors (Lipinski definition) is 3. The van der Waals surface area contributed by atoms with Crippen LogP contribution in [0.25, 0.3) is 11.1 Å². The second-order valence-electron chi connectivity index (χ2n) is 4.26. The molecule has 0 aliphatic heterocycles. The van der Waals surface area contributed by atoms with Gasteiger partial charge < -0.3 is 15.9 Å². The van der Waals surface area contributed by atoms with Gasteiger partial charge in [0.15, 0.2) is 0 Å². The van der Waals surface area contributed by atoms with E-state index in [2.05, 4.69) is 0 Å². The average molecular weight is 271 g/mol. The van der Waals surface area contributed by atoms with E-state index in [1.54, 1.807) is 18.2 Å². The zero-order valence-electron chi connectivity index (χ0n) is 10.5. The first-order chi connectivity index (χ1) is 9.52. The highest BCUT2D eigenvalue weighted by Gasteiger charge is 2.10. The first-order valence-electron chi connectivity index (χ1n) is 5.93. The number of carboxylic acid groups (broad SMARTS) is 2. The summed E-state index contributed by atoms with van der Waals surface area (Å²) in [5, 5.41) is 17.8. The Balaban J connectivity index is 2.46. The molecule has 102 valence electrons. The zero-order valence-corrected chi connectivity index (χ0v) is 10.5. The maximum absolute atomic E-state index is 10.9. The molecule has 5 nitrogen and oxygen atoms in total. The number of carbonyl (C=O) groups is 2. The molecule has 0 spiro atoms. The topological polar surface area (TPSA) is 101 Å². The molecule has 4 N–H and O–H groups in total. The minimum Gasteiger partial charge on any atom is -0.478 e. The standard InChI is InChI=1S/C15H13NO4/c16-8-12-7-11(15(19)20)5-6-13(12)9-1-3-10(4-2-9)14(17)18/h1-7H,8,16H2,(H,17,18)(H,19,20). The van der Waals surface area contributed by atoms with Gasteiger partial charge in [0.05, 0.1) is 11.1 Å². The van der Waals surface area contributed by atoms with Crippen LogP contribution in [-0.2, 0) is 6.54 Å². The number of hydrogen-bond donors (Lipinski definition) is 3. The van der Waals surface area contributed by atoms with Crippen LogP contribution in [0.1, 0.15) is 26.3 Å². The van der Waals surface area contributed by atoms with Crippen LogP contribution in [0.4, 0.5) is 0 Å². The molecule has 0 amide bonds. The molecular weight excluding hydrogens is 258 g/mol. The molecule has 0 fully saturated rings. The fourth-order valence-electron chi connectivity index (χ4n) is 1.97. The van der Waals surface area contributed by atoms with Crippen LogP contribution in [-0.4, -0.2) is 22.2 Å². The van der Waals surface area contributed by atoms with Gasteiger partial charge in [0.1, 0.15) is 0 Å². The Bertz CT molecular complexity index is 662. The lowest BCUT2D eigenvalue weighted by Gasteiger charge is -2.09. The molecule has 20 heavy (non-hydrogen) atoms. The third kappa shape index (κ3) is 2.67. The molecule has 0 aliphatic rings. The van der Waals surface area contributed by atoms with E-state index in [4.69, 9.17) is 15.9 Å². The van der Waals surface area contributed by atoms with Gasteiger partial charge in [-0.1, -0.05) is 18.2 Å². The predicted octanol–water partition coefficient (Wildman–Crippen LogP) is 2.21. The summed E-state index contributed by atoms with van der Waals surface area (Å²) in [7, 11) is 0. The molecule has 0 radical (unpaired) electrons. The summed E-state index contributed by atoms with van der Waals surface area (Å²) in [5.41, 5.74) is 8.33. The van der Waals surface area contributed by atoms with Gasteiger partial charge in [-0.3, -0.25) is 0 Å². The number of rotatable bonds is 4. The highest BCUT2D eigenvalue weighted by Crippen LogP contribution is 2.25. The van der Waals surface area contributed by atoms with Gasteiger partial charge in [-0.25, -0.2) is 9.59 Å². The van der Waals surface area contributed by atoms with Crippen molar-refractivity contribution in [3.63, 3.8) is 0 Å². The van der Waals surface area contributed by atoms with E-state index in [0.717, 1.165) is 11.1 Å². The van der Waals surface area contributed by atoms with Crippen molar-refractivity contribution in [2.75, 3.05) is 0 Å². The maximum atomic E-state index is 10.9. The highest BCUT2D eigenvalue weighted by atomic mass is 16.4. The molecule has 0 heterocycles. The predicted molar refractivity (Wildman–Crippen MR) is 73.7 cm³/mol. The third-order valence-electron chi connectivity index (χ3n) is 3.01. The van der Waals surface area contributed by atoms with Crippen LogP contribution in [0.15, 0.2) is 42.5 Å². The van der Waals surface area contributed by atoms with Crippen molar-refractivity contribution in [1.29, 1.82) is 0 Å². The summed E-state index contributed by atoms with van der Waals surface area (Å²) < 4.78 is 0. The number of benzene rings is 2. The van der Waals surface area contributed by atoms with Crippen molar-refractivity contribution >= 4 is 11.9 Å². The molecule has 0 saturated carbocycles. The average Bonchev–Trinajstić information content (AvgIpc) is 2.46. The van der Waals surface area contributed by atoms with E-state index < -0.39 is 11.9 Å². The van der Waals surface area contributed by atoms with Crippen molar-refractivity contribution in [2.24, 2.45) is 5.73 Å². The summed E-state index contributed by atoms with van der Waals surface area (Å²) in [4.78, 5) is 21.7. The molecular formula is C15H13NO4. The van der Waals surface area contributed by atoms with Gasteiger partial charge in [0.25, 0.3) is 0 Å². The van der Waals surface area contributed by atoms with Crippen LogP contribution in [0.5, 0.6) is 0 Å². The fourth-order valence-corrected chi connectivity index (χ4v) is 1.97. The summed E-state index contributed by atoms with van der Waals surface area (Å²) >= 11 is 0. The van der Waals surface area contributed by atoms with E-state index in [1.807, 2.05) is 0 Å². The Labute approximate surface area is 115 Å². The molecule has 0 atom stereocenters. The number of nitrogens with two attached hydrogens (primary N) is 1. The Morgan fingerprint density at radius 2 is 1.45 bits per heavy atom. The Kier molecular flexibility index (Phi) is 3.81. The molecule has 5 heteroatoms. The van der Waals surface area contributed by atoms with Crippen molar-refractivity contribution in [2.45, 2.75) is 6.54 Å². The molecule has 0 bridgehead atoms. The van der Waals surface area contributed by atoms with Crippen LogP contribution in [0.3, 0.4) is 0 Å². The second kappa shape index (κ2) is 5.54. The molecule has 0 aromatic heterocycles. The van der Waals surface area contributed by atoms with Gasteiger partial charge in [-0.2, -0.15) is 0 Å². The SMILES string of the molecule is NCc1cc(C(=O)O)ccc1-c1ccc(C(=O)O)cc1. The van der Waals surface area contributed by atoms with Crippen LogP contribution in [0.2, 0.25) is 0 Å². The Morgan fingerprint density at radius 1 is 0.900 bits per heavy atom. The lowest BCUT2D eigenvalue weighted by Crippen LogP contribution is -2.03. The summed E-state index contributed by atoms with van der Waals surface area (Å²) in [6, 6.07) is 11.1. The van der Waals surface area contributed by atoms with Gasteiger partial charge in [-0.05, 0) is 41.0 Å². The Hall–Kier alpha value is -2.66. The first-order valence-corrected chi connectivity index (χ1v) is 5.93. The normalized spacial score (nSPS) is 10.2. The molecule has 2 aromatic carbocycles. The van der Waals surface area contributed by atoms with Crippen LogP contribution in [0, 0.1) is 0 Å².